The molecule has 10 nitrogen and oxygen atoms in total. The molecule has 0 unspecified atom stereocenters. The van der Waals surface area contributed by atoms with Gasteiger partial charge in [-0.3, -0.25) is 4.79 Å². The summed E-state index contributed by atoms with van der Waals surface area (Å²) >= 11 is 0. The number of carbonyl (C=O) groups is 2. The molecule has 0 aliphatic carbocycles. The zero-order chi connectivity index (χ0) is 15.3. The number of aromatic nitrogens is 2. The molecule has 1 aromatic rings. The highest BCUT2D eigenvalue weighted by atomic mass is 16.6. The first-order chi connectivity index (χ1) is 9.31. The number of aliphatic carboxylic acids is 1. The van der Waals surface area contributed by atoms with E-state index in [0.29, 0.717) is 0 Å². The van der Waals surface area contributed by atoms with Crippen LogP contribution in [-0.4, -0.2) is 48.7 Å². The fourth-order valence-corrected chi connectivity index (χ4v) is 1.43. The molecule has 20 heavy (non-hydrogen) atoms. The third-order valence-corrected chi connectivity index (χ3v) is 2.47. The number of aryl methyl sites for hydroxylation is 1. The summed E-state index contributed by atoms with van der Waals surface area (Å²) in [6.45, 7) is 1.36. The number of carbonyl (C=O) groups excluding carboxylic acids is 1. The van der Waals surface area contributed by atoms with Gasteiger partial charge >= 0.3 is 11.8 Å². The molecule has 0 saturated carbocycles. The van der Waals surface area contributed by atoms with Crippen molar-refractivity contribution in [3.8, 4) is 0 Å². The van der Waals surface area contributed by atoms with E-state index in [0.717, 1.165) is 6.20 Å². The SMILES string of the molecule is C[C@@H](O)[C@H](NC(=O)CCn1cnc([N+](=O)[O-])c1)C(=O)O. The fraction of sp³-hybridized carbons (Fsp3) is 0.500. The average Bonchev–Trinajstić information content (AvgIpc) is 2.81. The van der Waals surface area contributed by atoms with Crippen LogP contribution in [0.1, 0.15) is 13.3 Å². The van der Waals surface area contributed by atoms with Crippen LogP contribution < -0.4 is 5.32 Å². The summed E-state index contributed by atoms with van der Waals surface area (Å²) in [6, 6.07) is -1.39. The molecule has 10 heteroatoms. The second-order valence-electron chi connectivity index (χ2n) is 4.10. The van der Waals surface area contributed by atoms with Gasteiger partial charge < -0.3 is 30.2 Å². The minimum atomic E-state index is -1.39. The number of nitrogens with one attached hydrogen (secondary N) is 1. The lowest BCUT2D eigenvalue weighted by molar-refractivity contribution is -0.389. The molecule has 0 aromatic carbocycles. The Morgan fingerprint density at radius 3 is 2.70 bits per heavy atom. The predicted molar refractivity (Wildman–Crippen MR) is 64.7 cm³/mol. The molecule has 3 N–H and O–H groups in total. The number of nitro groups is 1. The van der Waals surface area contributed by atoms with E-state index in [4.69, 9.17) is 5.11 Å². The summed E-state index contributed by atoms with van der Waals surface area (Å²) in [6.07, 6.45) is 1.04. The van der Waals surface area contributed by atoms with Gasteiger partial charge in [0.25, 0.3) is 0 Å². The Morgan fingerprint density at radius 2 is 2.25 bits per heavy atom. The van der Waals surface area contributed by atoms with Crippen molar-refractivity contribution >= 4 is 17.7 Å². The lowest BCUT2D eigenvalue weighted by atomic mass is 10.2. The van der Waals surface area contributed by atoms with E-state index >= 15 is 0 Å². The highest BCUT2D eigenvalue weighted by Gasteiger charge is 2.24. The van der Waals surface area contributed by atoms with Crippen molar-refractivity contribution in [3.05, 3.63) is 22.6 Å². The van der Waals surface area contributed by atoms with Gasteiger partial charge in [0.1, 0.15) is 6.20 Å². The van der Waals surface area contributed by atoms with Crippen LogP contribution in [0.5, 0.6) is 0 Å². The van der Waals surface area contributed by atoms with E-state index in [-0.39, 0.29) is 18.8 Å². The Labute approximate surface area is 113 Å². The molecule has 0 aliphatic rings. The molecule has 110 valence electrons. The first kappa shape index (κ1) is 15.6. The second kappa shape index (κ2) is 6.61. The third-order valence-electron chi connectivity index (χ3n) is 2.47. The largest absolute Gasteiger partial charge is 0.480 e. The zero-order valence-electron chi connectivity index (χ0n) is 10.6. The molecular formula is C10H14N4O6. The van der Waals surface area contributed by atoms with Crippen LogP contribution in [0.4, 0.5) is 5.82 Å². The topological polar surface area (TPSA) is 148 Å². The summed E-state index contributed by atoms with van der Waals surface area (Å²) in [5.41, 5.74) is 0. The Morgan fingerprint density at radius 1 is 1.60 bits per heavy atom. The lowest BCUT2D eigenvalue weighted by Crippen LogP contribution is -2.47. The molecule has 0 aliphatic heterocycles. The molecule has 1 amide bonds. The molecule has 0 spiro atoms. The number of aliphatic hydroxyl groups is 1. The molecule has 2 atom stereocenters. The monoisotopic (exact) mass is 286 g/mol. The minimum absolute atomic E-state index is 0.0932. The van der Waals surface area contributed by atoms with Gasteiger partial charge in [0, 0.05) is 13.0 Å². The summed E-state index contributed by atoms with van der Waals surface area (Å²) < 4.78 is 1.34. The third kappa shape index (κ3) is 4.31. The van der Waals surface area contributed by atoms with Gasteiger partial charge in [-0.25, -0.2) is 4.79 Å². The van der Waals surface area contributed by atoms with Gasteiger partial charge in [-0.15, -0.1) is 0 Å². The van der Waals surface area contributed by atoms with E-state index < -0.39 is 28.9 Å². The highest BCUT2D eigenvalue weighted by Crippen LogP contribution is 2.06. The predicted octanol–water partition coefficient (Wildman–Crippen LogP) is -0.868. The van der Waals surface area contributed by atoms with Crippen LogP contribution in [-0.2, 0) is 16.1 Å². The molecule has 0 fully saturated rings. The number of rotatable bonds is 7. The van der Waals surface area contributed by atoms with Crippen molar-refractivity contribution in [3.63, 3.8) is 0 Å². The highest BCUT2D eigenvalue weighted by molar-refractivity contribution is 5.83. The van der Waals surface area contributed by atoms with E-state index in [2.05, 4.69) is 10.3 Å². The number of imidazole rings is 1. The second-order valence-corrected chi connectivity index (χ2v) is 4.10. The van der Waals surface area contributed by atoms with E-state index in [9.17, 15) is 24.8 Å². The van der Waals surface area contributed by atoms with Crippen LogP contribution in [0.25, 0.3) is 0 Å². The van der Waals surface area contributed by atoms with Crippen molar-refractivity contribution in [2.45, 2.75) is 32.0 Å². The van der Waals surface area contributed by atoms with Crippen molar-refractivity contribution in [2.75, 3.05) is 0 Å². The Balaban J connectivity index is 2.50. The first-order valence-electron chi connectivity index (χ1n) is 5.67. The van der Waals surface area contributed by atoms with Crippen LogP contribution in [0.2, 0.25) is 0 Å². The first-order valence-corrected chi connectivity index (χ1v) is 5.67. The standard InChI is InChI=1S/C10H14N4O6/c1-6(15)9(10(17)18)12-8(16)2-3-13-4-7(11-5-13)14(19)20/h4-6,9,15H,2-3H2,1H3,(H,12,16)(H,17,18)/t6-,9+/m1/s1. The average molecular weight is 286 g/mol. The molecular weight excluding hydrogens is 272 g/mol. The number of carboxylic acid groups (broad SMARTS) is 1. The van der Waals surface area contributed by atoms with Crippen LogP contribution in [0.3, 0.4) is 0 Å². The lowest BCUT2D eigenvalue weighted by Gasteiger charge is -2.16. The van der Waals surface area contributed by atoms with Crippen LogP contribution in [0.15, 0.2) is 12.5 Å². The molecule has 1 rings (SSSR count). The minimum Gasteiger partial charge on any atom is -0.480 e. The number of hydrogen-bond acceptors (Lipinski definition) is 6. The molecule has 1 heterocycles. The smallest absolute Gasteiger partial charge is 0.381 e. The number of amides is 1. The number of aliphatic hydroxyl groups excluding tert-OH is 1. The summed E-state index contributed by atoms with van der Waals surface area (Å²) in [5.74, 6) is -2.26. The number of hydrogen-bond donors (Lipinski definition) is 3. The summed E-state index contributed by atoms with van der Waals surface area (Å²) in [4.78, 5) is 35.5. The Hall–Kier alpha value is -2.49. The van der Waals surface area contributed by atoms with Crippen LogP contribution >= 0.6 is 0 Å². The number of carboxylic acids is 1. The fourth-order valence-electron chi connectivity index (χ4n) is 1.43. The molecule has 0 radical (unpaired) electrons. The van der Waals surface area contributed by atoms with Gasteiger partial charge in [-0.1, -0.05) is 0 Å². The summed E-state index contributed by atoms with van der Waals surface area (Å²) in [7, 11) is 0. The number of nitrogens with zero attached hydrogens (tertiary/aromatic N) is 3. The quantitative estimate of drug-likeness (QED) is 0.436. The normalized spacial score (nSPS) is 13.5. The summed E-state index contributed by atoms with van der Waals surface area (Å²) in [5, 5.41) is 30.5. The van der Waals surface area contributed by atoms with Gasteiger partial charge in [0.2, 0.25) is 12.2 Å². The van der Waals surface area contributed by atoms with Gasteiger partial charge in [0.15, 0.2) is 6.04 Å². The van der Waals surface area contributed by atoms with E-state index in [1.807, 2.05) is 0 Å². The Bertz CT molecular complexity index is 512. The van der Waals surface area contributed by atoms with Crippen molar-refractivity contribution in [1.29, 1.82) is 0 Å². The maximum Gasteiger partial charge on any atom is 0.381 e. The zero-order valence-corrected chi connectivity index (χ0v) is 10.6. The molecule has 0 saturated heterocycles. The maximum absolute atomic E-state index is 11.5. The molecule has 0 bridgehead atoms. The van der Waals surface area contributed by atoms with Crippen molar-refractivity contribution in [2.24, 2.45) is 0 Å². The van der Waals surface area contributed by atoms with Gasteiger partial charge in [-0.2, -0.15) is 0 Å². The van der Waals surface area contributed by atoms with Crippen LogP contribution in [0, 0.1) is 10.1 Å². The van der Waals surface area contributed by atoms with E-state index in [1.54, 1.807) is 0 Å². The Kier molecular flexibility index (Phi) is 5.15. The maximum atomic E-state index is 11.5. The molecule has 1 aromatic heterocycles. The van der Waals surface area contributed by atoms with Gasteiger partial charge in [-0.05, 0) is 16.8 Å². The van der Waals surface area contributed by atoms with Crippen molar-refractivity contribution in [1.82, 2.24) is 14.9 Å². The van der Waals surface area contributed by atoms with E-state index in [1.165, 1.54) is 17.8 Å². The van der Waals surface area contributed by atoms with Crippen molar-refractivity contribution < 1.29 is 24.7 Å². The van der Waals surface area contributed by atoms with Gasteiger partial charge in [0.05, 0.1) is 6.10 Å².